The second-order valence-corrected chi connectivity index (χ2v) is 9.88. The number of carbonyl (C=O) groups is 2. The predicted octanol–water partition coefficient (Wildman–Crippen LogP) is 5.02. The Bertz CT molecular complexity index is 1650. The topological polar surface area (TPSA) is 80.8 Å². The summed E-state index contributed by atoms with van der Waals surface area (Å²) in [5.74, 6) is -2.48. The van der Waals surface area contributed by atoms with E-state index >= 15 is 0 Å². The van der Waals surface area contributed by atoms with Gasteiger partial charge >= 0.3 is 5.97 Å². The molecule has 0 saturated heterocycles. The lowest BCUT2D eigenvalue weighted by atomic mass is 10.0. The highest BCUT2D eigenvalue weighted by Gasteiger charge is 2.40. The van der Waals surface area contributed by atoms with E-state index in [2.05, 4.69) is 0 Å². The van der Waals surface area contributed by atoms with Gasteiger partial charge < -0.3 is 4.74 Å². The molecule has 4 aromatic rings. The number of carbonyl (C=O) groups excluding carboxylic acids is 2. The molecule has 0 N–H and O–H groups in total. The van der Waals surface area contributed by atoms with Gasteiger partial charge in [0.15, 0.2) is 5.76 Å². The van der Waals surface area contributed by atoms with E-state index in [4.69, 9.17) is 4.74 Å². The Morgan fingerprint density at radius 2 is 1.49 bits per heavy atom. The van der Waals surface area contributed by atoms with Gasteiger partial charge in [0, 0.05) is 18.2 Å². The summed E-state index contributed by atoms with van der Waals surface area (Å²) in [7, 11) is -3.12. The van der Waals surface area contributed by atoms with Crippen molar-refractivity contribution in [1.29, 1.82) is 0 Å². The van der Waals surface area contributed by atoms with Crippen molar-refractivity contribution in [2.75, 3.05) is 7.05 Å². The zero-order valence-corrected chi connectivity index (χ0v) is 19.3. The molecule has 0 aliphatic carbocycles. The van der Waals surface area contributed by atoms with Gasteiger partial charge in [0.25, 0.3) is 10.0 Å². The molecule has 0 bridgehead atoms. The first-order valence-electron chi connectivity index (χ1n) is 10.6. The fraction of sp³-hybridized carbons (Fsp3) is 0.0370. The van der Waals surface area contributed by atoms with E-state index in [-0.39, 0.29) is 28.1 Å². The summed E-state index contributed by atoms with van der Waals surface area (Å²) in [6.07, 6.45) is 0. The molecule has 0 fully saturated rings. The van der Waals surface area contributed by atoms with Crippen molar-refractivity contribution in [3.63, 3.8) is 0 Å². The molecule has 35 heavy (non-hydrogen) atoms. The molecular formula is C27H18FNO5S. The largest absolute Gasteiger partial charge is 0.420 e. The quantitative estimate of drug-likeness (QED) is 0.298. The van der Waals surface area contributed by atoms with E-state index in [0.717, 1.165) is 27.2 Å². The number of allylic oxidation sites excluding steroid dienone is 1. The third-order valence-corrected chi connectivity index (χ3v) is 7.58. The van der Waals surface area contributed by atoms with Crippen molar-refractivity contribution in [2.45, 2.75) is 4.90 Å². The molecule has 0 unspecified atom stereocenters. The second kappa shape index (κ2) is 8.48. The molecule has 1 heterocycles. The Balaban J connectivity index is 1.72. The number of hydrogen-bond donors (Lipinski definition) is 0. The van der Waals surface area contributed by atoms with Crippen LogP contribution in [-0.2, 0) is 14.8 Å². The van der Waals surface area contributed by atoms with Crippen LogP contribution < -0.4 is 0 Å². The van der Waals surface area contributed by atoms with E-state index in [1.54, 1.807) is 36.4 Å². The molecule has 0 amide bonds. The standard InChI is InChI=1S/C27H18FNO5S/c1-29-24(25(30)20-12-11-17-7-5-6-10-19(17)15-20)26(34-27(31)18-8-3-2-4-9-18)22-14-13-21(28)16-23(22)35(29,32)33/h2-16H,1H3. The number of esters is 1. The lowest BCUT2D eigenvalue weighted by Crippen LogP contribution is -2.36. The van der Waals surface area contributed by atoms with Gasteiger partial charge in [-0.25, -0.2) is 17.6 Å². The van der Waals surface area contributed by atoms with E-state index in [1.165, 1.54) is 25.2 Å². The van der Waals surface area contributed by atoms with Crippen LogP contribution in [0.5, 0.6) is 0 Å². The molecule has 0 atom stereocenters. The van der Waals surface area contributed by atoms with Crippen LogP contribution in [-0.4, -0.2) is 31.5 Å². The lowest BCUT2D eigenvalue weighted by Gasteiger charge is -2.30. The number of nitrogens with zero attached hydrogens (tertiary/aromatic N) is 1. The van der Waals surface area contributed by atoms with Crippen molar-refractivity contribution >= 4 is 38.3 Å². The van der Waals surface area contributed by atoms with Crippen LogP contribution in [0.15, 0.2) is 102 Å². The lowest BCUT2D eigenvalue weighted by molar-refractivity contribution is 0.0686. The Hall–Kier alpha value is -4.30. The van der Waals surface area contributed by atoms with Gasteiger partial charge in [-0.2, -0.15) is 0 Å². The van der Waals surface area contributed by atoms with Crippen LogP contribution in [0.1, 0.15) is 26.3 Å². The zero-order chi connectivity index (χ0) is 24.7. The summed E-state index contributed by atoms with van der Waals surface area (Å²) < 4.78 is 46.9. The summed E-state index contributed by atoms with van der Waals surface area (Å²) in [4.78, 5) is 26.2. The Kier molecular flexibility index (Phi) is 5.45. The van der Waals surface area contributed by atoms with Gasteiger partial charge in [-0.1, -0.05) is 54.6 Å². The van der Waals surface area contributed by atoms with Gasteiger partial charge in [0.1, 0.15) is 16.4 Å². The average Bonchev–Trinajstić information content (AvgIpc) is 2.87. The van der Waals surface area contributed by atoms with Crippen LogP contribution in [0.4, 0.5) is 4.39 Å². The molecule has 0 aromatic heterocycles. The first-order valence-corrected chi connectivity index (χ1v) is 12.1. The molecular weight excluding hydrogens is 469 g/mol. The highest BCUT2D eigenvalue weighted by Crippen LogP contribution is 2.39. The number of benzene rings is 4. The maximum atomic E-state index is 14.0. The summed E-state index contributed by atoms with van der Waals surface area (Å²) in [6.45, 7) is 0. The molecule has 8 heteroatoms. The number of fused-ring (bicyclic) bond motifs is 2. The van der Waals surface area contributed by atoms with Crippen LogP contribution in [0.3, 0.4) is 0 Å². The van der Waals surface area contributed by atoms with Gasteiger partial charge in [0.05, 0.1) is 5.56 Å². The molecule has 5 rings (SSSR count). The smallest absolute Gasteiger partial charge is 0.343 e. The van der Waals surface area contributed by atoms with Crippen LogP contribution >= 0.6 is 0 Å². The number of ketones is 1. The Morgan fingerprint density at radius 1 is 0.800 bits per heavy atom. The average molecular weight is 488 g/mol. The van der Waals surface area contributed by atoms with Gasteiger partial charge in [0.2, 0.25) is 5.78 Å². The maximum absolute atomic E-state index is 14.0. The van der Waals surface area contributed by atoms with Crippen molar-refractivity contribution in [3.05, 3.63) is 119 Å². The van der Waals surface area contributed by atoms with E-state index in [9.17, 15) is 22.4 Å². The van der Waals surface area contributed by atoms with Gasteiger partial charge in [-0.05, 0) is 47.2 Å². The van der Waals surface area contributed by atoms with Gasteiger partial charge in [-0.3, -0.25) is 9.10 Å². The summed E-state index contributed by atoms with van der Waals surface area (Å²) in [5.41, 5.74) is -0.00147. The number of hydrogen-bond acceptors (Lipinski definition) is 5. The summed E-state index contributed by atoms with van der Waals surface area (Å²) >= 11 is 0. The second-order valence-electron chi connectivity index (χ2n) is 7.94. The minimum atomic E-state index is -4.30. The highest BCUT2D eigenvalue weighted by atomic mass is 32.2. The van der Waals surface area contributed by atoms with Crippen LogP contribution in [0, 0.1) is 5.82 Å². The maximum Gasteiger partial charge on any atom is 0.343 e. The molecule has 0 spiro atoms. The van der Waals surface area contributed by atoms with E-state index < -0.39 is 32.5 Å². The molecule has 6 nitrogen and oxygen atoms in total. The summed E-state index contributed by atoms with van der Waals surface area (Å²) in [6, 6.07) is 23.5. The number of Topliss-reactive ketones (excluding diaryl/α,β-unsaturated/α-hetero) is 1. The van der Waals surface area contributed by atoms with Crippen LogP contribution in [0.25, 0.3) is 16.5 Å². The normalized spacial score (nSPS) is 14.5. The Morgan fingerprint density at radius 3 is 2.23 bits per heavy atom. The van der Waals surface area contributed by atoms with E-state index in [1.807, 2.05) is 24.3 Å². The summed E-state index contributed by atoms with van der Waals surface area (Å²) in [5, 5.41) is 1.68. The van der Waals surface area contributed by atoms with Gasteiger partial charge in [-0.15, -0.1) is 0 Å². The number of sulfonamides is 1. The fourth-order valence-electron chi connectivity index (χ4n) is 3.98. The Labute approximate surface area is 200 Å². The molecule has 0 radical (unpaired) electrons. The fourth-order valence-corrected chi connectivity index (χ4v) is 5.38. The predicted molar refractivity (Wildman–Crippen MR) is 128 cm³/mol. The number of rotatable bonds is 4. The van der Waals surface area contributed by atoms with Crippen LogP contribution in [0.2, 0.25) is 0 Å². The first-order chi connectivity index (χ1) is 16.8. The highest BCUT2D eigenvalue weighted by molar-refractivity contribution is 7.89. The van der Waals surface area contributed by atoms with E-state index in [0.29, 0.717) is 0 Å². The zero-order valence-electron chi connectivity index (χ0n) is 18.4. The SMILES string of the molecule is CN1C(C(=O)c2ccc3ccccc3c2)=C(OC(=O)c2ccccc2)c2ccc(F)cc2S1(=O)=O. The molecule has 4 aromatic carbocycles. The number of halogens is 1. The van der Waals surface area contributed by atoms with Crippen molar-refractivity contribution in [1.82, 2.24) is 4.31 Å². The number of ether oxygens (including phenoxy) is 1. The minimum Gasteiger partial charge on any atom is -0.420 e. The minimum absolute atomic E-state index is 0.0714. The van der Waals surface area contributed by atoms with Crippen molar-refractivity contribution < 1.29 is 27.1 Å². The third-order valence-electron chi connectivity index (χ3n) is 5.79. The molecule has 0 saturated carbocycles. The molecule has 1 aliphatic rings. The monoisotopic (exact) mass is 487 g/mol. The van der Waals surface area contributed by atoms with Crippen molar-refractivity contribution in [2.24, 2.45) is 0 Å². The van der Waals surface area contributed by atoms with Crippen molar-refractivity contribution in [3.8, 4) is 0 Å². The molecule has 1 aliphatic heterocycles. The third kappa shape index (κ3) is 3.87. The first kappa shape index (κ1) is 22.5. The molecule has 174 valence electrons. The number of likely N-dealkylation sites (N-methyl/N-ethyl adjacent to an activating group) is 1.